The molecule has 0 fully saturated rings. The fourth-order valence-electron chi connectivity index (χ4n) is 3.99. The number of allylic oxidation sites excluding steroid dienone is 1. The van der Waals surface area contributed by atoms with Crippen molar-refractivity contribution in [3.05, 3.63) is 106 Å². The topological polar surface area (TPSA) is 117 Å². The summed E-state index contributed by atoms with van der Waals surface area (Å²) < 4.78 is 13.3. The zero-order chi connectivity index (χ0) is 25.4. The maximum absolute atomic E-state index is 13.5. The number of esters is 1. The van der Waals surface area contributed by atoms with Crippen LogP contribution in [0.1, 0.15) is 30.5 Å². The molecular formula is C25H19N3O6S2. The zero-order valence-electron chi connectivity index (χ0n) is 19.2. The number of rotatable bonds is 6. The van der Waals surface area contributed by atoms with E-state index in [9.17, 15) is 19.7 Å². The lowest BCUT2D eigenvalue weighted by molar-refractivity contribution is -0.384. The number of nitro groups is 1. The second kappa shape index (κ2) is 9.51. The number of hydrogen-bond donors (Lipinski definition) is 0. The van der Waals surface area contributed by atoms with E-state index < -0.39 is 16.9 Å². The highest BCUT2D eigenvalue weighted by atomic mass is 32.1. The number of hydrogen-bond acceptors (Lipinski definition) is 9. The Morgan fingerprint density at radius 3 is 2.83 bits per heavy atom. The van der Waals surface area contributed by atoms with E-state index in [1.165, 1.54) is 39.4 Å². The summed E-state index contributed by atoms with van der Waals surface area (Å²) in [4.78, 5) is 43.2. The smallest absolute Gasteiger partial charge is 0.338 e. The van der Waals surface area contributed by atoms with Gasteiger partial charge in [-0.15, -0.1) is 11.3 Å². The third kappa shape index (κ3) is 4.23. The number of thiophene rings is 1. The minimum Gasteiger partial charge on any atom is -0.463 e. The van der Waals surface area contributed by atoms with Gasteiger partial charge in [-0.1, -0.05) is 29.5 Å². The van der Waals surface area contributed by atoms with Crippen LogP contribution in [0.3, 0.4) is 0 Å². The molecule has 182 valence electrons. The SMILES string of the molecule is CCOC(=O)C1=C(C)N=c2s/c(=C\c3cccs3)c(=O)n2[C@H]1c1ccc(-c2cccc([N+](=O)[O-])c2)o1. The first-order valence-electron chi connectivity index (χ1n) is 10.9. The fourth-order valence-corrected chi connectivity index (χ4v) is 5.76. The normalized spacial score (nSPS) is 15.5. The number of thiazole rings is 1. The largest absolute Gasteiger partial charge is 0.463 e. The Balaban J connectivity index is 1.68. The van der Waals surface area contributed by atoms with Crippen LogP contribution in [-0.2, 0) is 9.53 Å². The van der Waals surface area contributed by atoms with Crippen LogP contribution in [0.5, 0.6) is 0 Å². The number of nitro benzene ring substituents is 1. The summed E-state index contributed by atoms with van der Waals surface area (Å²) in [7, 11) is 0. The first-order valence-corrected chi connectivity index (χ1v) is 12.6. The van der Waals surface area contributed by atoms with Crippen LogP contribution in [0, 0.1) is 10.1 Å². The standard InChI is InChI=1S/C25H19N3O6S2/c1-3-33-24(30)21-14(2)26-25-27(23(29)20(36-25)13-17-8-5-11-35-17)22(21)19-10-9-18(34-19)15-6-4-7-16(12-15)28(31)32/h4-13,22H,3H2,1-2H3/b20-13-/t22-/m0/s1. The van der Waals surface area contributed by atoms with Crippen molar-refractivity contribution in [2.24, 2.45) is 4.99 Å². The molecular weight excluding hydrogens is 502 g/mol. The van der Waals surface area contributed by atoms with Crippen LogP contribution in [0.2, 0.25) is 0 Å². The number of ether oxygens (including phenoxy) is 1. The molecule has 1 aliphatic heterocycles. The van der Waals surface area contributed by atoms with Crippen LogP contribution >= 0.6 is 22.7 Å². The molecule has 0 aliphatic carbocycles. The molecule has 0 amide bonds. The molecule has 1 aromatic carbocycles. The first-order chi connectivity index (χ1) is 17.4. The van der Waals surface area contributed by atoms with E-state index in [4.69, 9.17) is 9.15 Å². The number of nitrogens with zero attached hydrogens (tertiary/aromatic N) is 3. The van der Waals surface area contributed by atoms with E-state index in [1.54, 1.807) is 44.2 Å². The van der Waals surface area contributed by atoms with Crippen LogP contribution in [0.25, 0.3) is 17.4 Å². The number of carbonyl (C=O) groups is 1. The molecule has 11 heteroatoms. The number of carbonyl (C=O) groups excluding carboxylic acids is 1. The van der Waals surface area contributed by atoms with E-state index in [2.05, 4.69) is 4.99 Å². The van der Waals surface area contributed by atoms with Gasteiger partial charge < -0.3 is 9.15 Å². The minimum atomic E-state index is -0.904. The van der Waals surface area contributed by atoms with Gasteiger partial charge in [0, 0.05) is 22.6 Å². The third-order valence-electron chi connectivity index (χ3n) is 5.57. The van der Waals surface area contributed by atoms with Gasteiger partial charge in [-0.2, -0.15) is 0 Å². The Bertz CT molecular complexity index is 1690. The molecule has 36 heavy (non-hydrogen) atoms. The van der Waals surface area contributed by atoms with Gasteiger partial charge in [-0.25, -0.2) is 9.79 Å². The van der Waals surface area contributed by atoms with Gasteiger partial charge in [-0.3, -0.25) is 19.5 Å². The van der Waals surface area contributed by atoms with Gasteiger partial charge in [-0.05, 0) is 43.5 Å². The summed E-state index contributed by atoms with van der Waals surface area (Å²) in [6.07, 6.45) is 1.80. The van der Waals surface area contributed by atoms with Gasteiger partial charge in [0.05, 0.1) is 27.3 Å². The Morgan fingerprint density at radius 2 is 2.11 bits per heavy atom. The van der Waals surface area contributed by atoms with Crippen molar-refractivity contribution < 1.29 is 18.9 Å². The number of non-ortho nitro benzene ring substituents is 1. The van der Waals surface area contributed by atoms with E-state index in [1.807, 2.05) is 17.5 Å². The van der Waals surface area contributed by atoms with Crippen LogP contribution in [0.4, 0.5) is 5.69 Å². The van der Waals surface area contributed by atoms with Crippen molar-refractivity contribution in [2.45, 2.75) is 19.9 Å². The molecule has 4 aromatic rings. The van der Waals surface area contributed by atoms with Crippen molar-refractivity contribution in [1.82, 2.24) is 4.57 Å². The van der Waals surface area contributed by atoms with Crippen LogP contribution in [0.15, 0.2) is 79.4 Å². The number of aromatic nitrogens is 1. The predicted octanol–water partition coefficient (Wildman–Crippen LogP) is 4.03. The highest BCUT2D eigenvalue weighted by molar-refractivity contribution is 7.11. The van der Waals surface area contributed by atoms with E-state index in [-0.39, 0.29) is 23.4 Å². The lowest BCUT2D eigenvalue weighted by atomic mass is 10.0. The molecule has 9 nitrogen and oxygen atoms in total. The summed E-state index contributed by atoms with van der Waals surface area (Å²) in [5.74, 6) is 0.0921. The van der Waals surface area contributed by atoms with Gasteiger partial charge in [0.1, 0.15) is 17.6 Å². The lowest BCUT2D eigenvalue weighted by Crippen LogP contribution is -2.39. The maximum atomic E-state index is 13.5. The molecule has 0 saturated carbocycles. The zero-order valence-corrected chi connectivity index (χ0v) is 20.8. The van der Waals surface area contributed by atoms with Crippen LogP contribution < -0.4 is 14.9 Å². The predicted molar refractivity (Wildman–Crippen MR) is 136 cm³/mol. The van der Waals surface area contributed by atoms with Crippen molar-refractivity contribution in [1.29, 1.82) is 0 Å². The molecule has 0 radical (unpaired) electrons. The van der Waals surface area contributed by atoms with Crippen molar-refractivity contribution in [2.75, 3.05) is 6.61 Å². The fraction of sp³-hybridized carbons (Fsp3) is 0.160. The molecule has 0 unspecified atom stereocenters. The molecule has 0 bridgehead atoms. The minimum absolute atomic E-state index is 0.0741. The molecule has 0 spiro atoms. The Labute approximate surface area is 212 Å². The second-order valence-corrected chi connectivity index (χ2v) is 9.82. The molecule has 0 saturated heterocycles. The summed E-state index contributed by atoms with van der Waals surface area (Å²) in [5, 5.41) is 13.1. The summed E-state index contributed by atoms with van der Waals surface area (Å²) in [6.45, 7) is 3.55. The third-order valence-corrected chi connectivity index (χ3v) is 7.37. The first kappa shape index (κ1) is 23.6. The molecule has 1 aliphatic rings. The summed E-state index contributed by atoms with van der Waals surface area (Å²) in [5.41, 5.74) is 0.746. The van der Waals surface area contributed by atoms with Crippen molar-refractivity contribution in [3.8, 4) is 11.3 Å². The highest BCUT2D eigenvalue weighted by Gasteiger charge is 2.35. The van der Waals surface area contributed by atoms with E-state index in [0.717, 1.165) is 4.88 Å². The molecule has 0 N–H and O–H groups in total. The average Bonchev–Trinajstić information content (AvgIpc) is 3.60. The molecule has 4 heterocycles. The van der Waals surface area contributed by atoms with Gasteiger partial charge in [0.2, 0.25) is 0 Å². The van der Waals surface area contributed by atoms with E-state index >= 15 is 0 Å². The number of fused-ring (bicyclic) bond motifs is 1. The maximum Gasteiger partial charge on any atom is 0.338 e. The van der Waals surface area contributed by atoms with Gasteiger partial charge in [0.15, 0.2) is 4.80 Å². The molecule has 3 aromatic heterocycles. The van der Waals surface area contributed by atoms with Gasteiger partial charge in [0.25, 0.3) is 11.2 Å². The number of furan rings is 1. The average molecular weight is 522 g/mol. The van der Waals surface area contributed by atoms with E-state index in [0.29, 0.717) is 32.1 Å². The molecule has 5 rings (SSSR count). The lowest BCUT2D eigenvalue weighted by Gasteiger charge is -2.22. The Hall–Kier alpha value is -4.09. The summed E-state index contributed by atoms with van der Waals surface area (Å²) in [6, 6.07) is 12.3. The highest BCUT2D eigenvalue weighted by Crippen LogP contribution is 2.34. The second-order valence-electron chi connectivity index (χ2n) is 7.83. The van der Waals surface area contributed by atoms with Gasteiger partial charge >= 0.3 is 5.97 Å². The monoisotopic (exact) mass is 521 g/mol. The summed E-state index contributed by atoms with van der Waals surface area (Å²) >= 11 is 2.74. The molecule has 1 atom stereocenters. The Morgan fingerprint density at radius 1 is 1.28 bits per heavy atom. The number of benzene rings is 1. The van der Waals surface area contributed by atoms with Crippen molar-refractivity contribution >= 4 is 40.4 Å². The van der Waals surface area contributed by atoms with Crippen molar-refractivity contribution in [3.63, 3.8) is 0 Å². The van der Waals surface area contributed by atoms with Crippen LogP contribution in [-0.4, -0.2) is 22.1 Å². The quantitative estimate of drug-likeness (QED) is 0.215. The Kier molecular flexibility index (Phi) is 6.25.